The Balaban J connectivity index is 1.48. The summed E-state index contributed by atoms with van der Waals surface area (Å²) in [5.74, 6) is 0.0771. The molecule has 1 spiro atoms. The molecule has 0 aliphatic carbocycles. The number of carbonyl (C=O) groups excluding carboxylic acids is 1. The van der Waals surface area contributed by atoms with Crippen molar-refractivity contribution in [2.24, 2.45) is 0 Å². The lowest BCUT2D eigenvalue weighted by Gasteiger charge is -2.48. The number of thiophene rings is 1. The first kappa shape index (κ1) is 15.8. The van der Waals surface area contributed by atoms with Crippen molar-refractivity contribution in [2.75, 3.05) is 26.3 Å². The van der Waals surface area contributed by atoms with Crippen LogP contribution in [0.2, 0.25) is 0 Å². The van der Waals surface area contributed by atoms with Gasteiger partial charge in [-0.25, -0.2) is 4.98 Å². The molecule has 4 heterocycles. The minimum atomic E-state index is -0.161. The van der Waals surface area contributed by atoms with Crippen LogP contribution in [0.3, 0.4) is 0 Å². The van der Waals surface area contributed by atoms with Crippen molar-refractivity contribution < 1.29 is 9.53 Å². The number of hydrogen-bond donors (Lipinski definition) is 2. The summed E-state index contributed by atoms with van der Waals surface area (Å²) in [5.41, 5.74) is 2.17. The molecule has 2 aromatic rings. The van der Waals surface area contributed by atoms with Gasteiger partial charge in [0.15, 0.2) is 0 Å². The van der Waals surface area contributed by atoms with Gasteiger partial charge in [-0.2, -0.15) is 0 Å². The van der Waals surface area contributed by atoms with Crippen molar-refractivity contribution in [3.8, 4) is 0 Å². The van der Waals surface area contributed by atoms with Crippen molar-refractivity contribution in [3.63, 3.8) is 0 Å². The fraction of sp³-hybridized carbons (Fsp3) is 0.529. The Morgan fingerprint density at radius 3 is 3.12 bits per heavy atom. The molecule has 0 saturated carbocycles. The largest absolute Gasteiger partial charge is 0.381 e. The van der Waals surface area contributed by atoms with Crippen LogP contribution in [-0.2, 0) is 28.0 Å². The average molecular weight is 346 g/mol. The molecule has 0 radical (unpaired) electrons. The standard InChI is InChI=1S/C17H22N4O2S/c22-15(18-10-13-2-1-9-24-13)11-21-6-3-14-16(20-12-19-14)17(21)4-7-23-8-5-17/h1-2,9,12H,3-8,10-11H2,(H,18,22)(H,19,20). The fourth-order valence-corrected chi connectivity index (χ4v) is 4.49. The molecule has 1 saturated heterocycles. The predicted molar refractivity (Wildman–Crippen MR) is 91.8 cm³/mol. The Labute approximate surface area is 145 Å². The van der Waals surface area contributed by atoms with Crippen molar-refractivity contribution in [3.05, 3.63) is 40.1 Å². The number of hydrogen-bond acceptors (Lipinski definition) is 5. The summed E-state index contributed by atoms with van der Waals surface area (Å²) < 4.78 is 5.57. The monoisotopic (exact) mass is 346 g/mol. The van der Waals surface area contributed by atoms with E-state index < -0.39 is 0 Å². The van der Waals surface area contributed by atoms with Gasteiger partial charge in [0.2, 0.25) is 5.91 Å². The normalized spacial score (nSPS) is 20.0. The van der Waals surface area contributed by atoms with Gasteiger partial charge in [-0.15, -0.1) is 11.3 Å². The van der Waals surface area contributed by atoms with Crippen molar-refractivity contribution in [2.45, 2.75) is 31.3 Å². The first-order chi connectivity index (χ1) is 11.8. The first-order valence-electron chi connectivity index (χ1n) is 8.42. The summed E-state index contributed by atoms with van der Waals surface area (Å²) in [6.07, 6.45) is 4.48. The van der Waals surface area contributed by atoms with Crippen LogP contribution in [0.15, 0.2) is 23.8 Å². The Kier molecular flexibility index (Phi) is 4.39. The molecule has 1 fully saturated rings. The Hall–Kier alpha value is -1.70. The fourth-order valence-electron chi connectivity index (χ4n) is 3.84. The third kappa shape index (κ3) is 2.87. The average Bonchev–Trinajstić information content (AvgIpc) is 3.28. The SMILES string of the molecule is O=C(CN1CCc2[nH]cnc2C12CCOCC2)NCc1cccs1. The molecule has 2 aliphatic rings. The van der Waals surface area contributed by atoms with Crippen LogP contribution in [0, 0.1) is 0 Å². The number of H-pyrrole nitrogens is 1. The summed E-state index contributed by atoms with van der Waals surface area (Å²) >= 11 is 1.67. The highest BCUT2D eigenvalue weighted by molar-refractivity contribution is 7.09. The molecule has 0 atom stereocenters. The molecule has 2 N–H and O–H groups in total. The van der Waals surface area contributed by atoms with E-state index in [9.17, 15) is 4.79 Å². The molecule has 2 aliphatic heterocycles. The summed E-state index contributed by atoms with van der Waals surface area (Å²) in [5, 5.41) is 5.07. The topological polar surface area (TPSA) is 70.2 Å². The minimum absolute atomic E-state index is 0.0771. The van der Waals surface area contributed by atoms with Gasteiger partial charge >= 0.3 is 0 Å². The lowest BCUT2D eigenvalue weighted by molar-refractivity contribution is -0.126. The van der Waals surface area contributed by atoms with Gasteiger partial charge in [-0.3, -0.25) is 9.69 Å². The second kappa shape index (κ2) is 6.66. The quantitative estimate of drug-likeness (QED) is 0.883. The molecule has 24 heavy (non-hydrogen) atoms. The number of aromatic amines is 1. The van der Waals surface area contributed by atoms with Crippen LogP contribution in [0.1, 0.15) is 29.1 Å². The summed E-state index contributed by atoms with van der Waals surface area (Å²) in [7, 11) is 0. The second-order valence-corrected chi connectivity index (χ2v) is 7.43. The molecular weight excluding hydrogens is 324 g/mol. The number of rotatable bonds is 4. The molecule has 4 rings (SSSR count). The van der Waals surface area contributed by atoms with Crippen molar-refractivity contribution >= 4 is 17.2 Å². The molecule has 6 nitrogen and oxygen atoms in total. The van der Waals surface area contributed by atoms with Gasteiger partial charge in [0.1, 0.15) is 0 Å². The molecule has 0 bridgehead atoms. The number of nitrogens with zero attached hydrogens (tertiary/aromatic N) is 2. The highest BCUT2D eigenvalue weighted by Gasteiger charge is 2.46. The number of aromatic nitrogens is 2. The molecule has 1 amide bonds. The van der Waals surface area contributed by atoms with Crippen LogP contribution in [0.5, 0.6) is 0 Å². The highest BCUT2D eigenvalue weighted by atomic mass is 32.1. The molecule has 128 valence electrons. The van der Waals surface area contributed by atoms with Gasteiger partial charge in [-0.05, 0) is 24.3 Å². The summed E-state index contributed by atoms with van der Waals surface area (Å²) in [4.78, 5) is 23.8. The maximum Gasteiger partial charge on any atom is 0.234 e. The molecular formula is C17H22N4O2S. The van der Waals surface area contributed by atoms with Gasteiger partial charge in [-0.1, -0.05) is 6.07 Å². The van der Waals surface area contributed by atoms with E-state index in [1.54, 1.807) is 17.7 Å². The number of carbonyl (C=O) groups is 1. The summed E-state index contributed by atoms with van der Waals surface area (Å²) in [6.45, 7) is 3.34. The van der Waals surface area contributed by atoms with E-state index in [0.29, 0.717) is 13.1 Å². The number of imidazole rings is 1. The van der Waals surface area contributed by atoms with E-state index >= 15 is 0 Å². The van der Waals surface area contributed by atoms with Crippen LogP contribution < -0.4 is 5.32 Å². The van der Waals surface area contributed by atoms with E-state index in [1.807, 2.05) is 17.5 Å². The van der Waals surface area contributed by atoms with Crippen molar-refractivity contribution in [1.82, 2.24) is 20.2 Å². The van der Waals surface area contributed by atoms with Crippen LogP contribution in [0.4, 0.5) is 0 Å². The maximum absolute atomic E-state index is 12.5. The molecule has 2 aromatic heterocycles. The lowest BCUT2D eigenvalue weighted by Crippen LogP contribution is -2.56. The van der Waals surface area contributed by atoms with Gasteiger partial charge in [0, 0.05) is 36.8 Å². The van der Waals surface area contributed by atoms with Gasteiger partial charge in [0.05, 0.1) is 30.6 Å². The van der Waals surface area contributed by atoms with Crippen LogP contribution in [-0.4, -0.2) is 47.1 Å². The summed E-state index contributed by atoms with van der Waals surface area (Å²) in [6, 6.07) is 4.05. The first-order valence-corrected chi connectivity index (χ1v) is 9.30. The van der Waals surface area contributed by atoms with Crippen LogP contribution >= 0.6 is 11.3 Å². The zero-order chi connectivity index (χ0) is 16.4. The zero-order valence-electron chi connectivity index (χ0n) is 13.6. The number of ether oxygens (including phenoxy) is 1. The number of nitrogens with one attached hydrogen (secondary N) is 2. The molecule has 0 aromatic carbocycles. The van der Waals surface area contributed by atoms with E-state index in [4.69, 9.17) is 4.74 Å². The van der Waals surface area contributed by atoms with E-state index in [-0.39, 0.29) is 11.4 Å². The lowest BCUT2D eigenvalue weighted by atomic mass is 9.80. The number of fused-ring (bicyclic) bond motifs is 2. The third-order valence-corrected chi connectivity index (χ3v) is 5.97. The zero-order valence-corrected chi connectivity index (χ0v) is 14.4. The minimum Gasteiger partial charge on any atom is -0.381 e. The highest BCUT2D eigenvalue weighted by Crippen LogP contribution is 2.41. The van der Waals surface area contributed by atoms with Crippen molar-refractivity contribution in [1.29, 1.82) is 0 Å². The van der Waals surface area contributed by atoms with E-state index in [2.05, 4.69) is 20.2 Å². The van der Waals surface area contributed by atoms with Gasteiger partial charge in [0.25, 0.3) is 0 Å². The molecule has 0 unspecified atom stereocenters. The predicted octanol–water partition coefficient (Wildman–Crippen LogP) is 1.65. The molecule has 7 heteroatoms. The van der Waals surface area contributed by atoms with Gasteiger partial charge < -0.3 is 15.0 Å². The van der Waals surface area contributed by atoms with E-state index in [0.717, 1.165) is 44.7 Å². The number of amides is 1. The Morgan fingerprint density at radius 2 is 2.33 bits per heavy atom. The second-order valence-electron chi connectivity index (χ2n) is 6.40. The van der Waals surface area contributed by atoms with E-state index in [1.165, 1.54) is 10.6 Å². The smallest absolute Gasteiger partial charge is 0.234 e. The third-order valence-electron chi connectivity index (χ3n) is 5.09. The van der Waals surface area contributed by atoms with Crippen LogP contribution in [0.25, 0.3) is 0 Å². The Morgan fingerprint density at radius 1 is 1.46 bits per heavy atom. The maximum atomic E-state index is 12.5. The Bertz CT molecular complexity index is 691.